The summed E-state index contributed by atoms with van der Waals surface area (Å²) >= 11 is 0. The second-order valence-electron chi connectivity index (χ2n) is 5.77. The predicted octanol–water partition coefficient (Wildman–Crippen LogP) is 1.70. The average molecular weight is 296 g/mol. The molecule has 5 nitrogen and oxygen atoms in total. The van der Waals surface area contributed by atoms with Crippen molar-refractivity contribution in [2.75, 3.05) is 31.1 Å². The fraction of sp³-hybridized carbons (Fsp3) is 0.412. The number of rotatable bonds is 2. The summed E-state index contributed by atoms with van der Waals surface area (Å²) in [7, 11) is 0. The van der Waals surface area contributed by atoms with Crippen LogP contribution in [0, 0.1) is 0 Å². The van der Waals surface area contributed by atoms with Gasteiger partial charge in [-0.3, -0.25) is 0 Å². The highest BCUT2D eigenvalue weighted by Gasteiger charge is 2.26. The Balaban J connectivity index is 1.61. The zero-order valence-corrected chi connectivity index (χ0v) is 12.5. The van der Waals surface area contributed by atoms with Crippen molar-refractivity contribution in [1.29, 1.82) is 0 Å². The van der Waals surface area contributed by atoms with Gasteiger partial charge in [0.1, 0.15) is 18.2 Å². The number of aromatic nitrogens is 2. The van der Waals surface area contributed by atoms with Crippen LogP contribution < -0.4 is 10.2 Å². The van der Waals surface area contributed by atoms with Gasteiger partial charge in [-0.05, 0) is 18.5 Å². The summed E-state index contributed by atoms with van der Waals surface area (Å²) in [6.45, 7) is 4.31. The molecule has 1 saturated heterocycles. The van der Waals surface area contributed by atoms with E-state index in [1.54, 1.807) is 6.33 Å². The molecule has 0 bridgehead atoms. The van der Waals surface area contributed by atoms with Gasteiger partial charge in [0.05, 0.1) is 12.3 Å². The Morgan fingerprint density at radius 2 is 2.09 bits per heavy atom. The van der Waals surface area contributed by atoms with Crippen molar-refractivity contribution in [1.82, 2.24) is 15.3 Å². The van der Waals surface area contributed by atoms with E-state index < -0.39 is 0 Å². The number of benzene rings is 1. The van der Waals surface area contributed by atoms with Crippen LogP contribution in [0.15, 0.2) is 36.7 Å². The van der Waals surface area contributed by atoms with E-state index in [0.29, 0.717) is 0 Å². The van der Waals surface area contributed by atoms with E-state index in [4.69, 9.17) is 4.74 Å². The summed E-state index contributed by atoms with van der Waals surface area (Å²) in [5, 5.41) is 3.37. The lowest BCUT2D eigenvalue weighted by atomic mass is 10.0. The first-order valence-corrected chi connectivity index (χ1v) is 7.87. The second kappa shape index (κ2) is 6.02. The molecular formula is C17H20N4O. The fourth-order valence-electron chi connectivity index (χ4n) is 3.25. The van der Waals surface area contributed by atoms with Crippen LogP contribution in [-0.4, -0.2) is 36.2 Å². The molecule has 114 valence electrons. The molecule has 2 aliphatic rings. The fourth-order valence-corrected chi connectivity index (χ4v) is 3.25. The topological polar surface area (TPSA) is 50.3 Å². The van der Waals surface area contributed by atoms with E-state index in [2.05, 4.69) is 44.5 Å². The molecule has 2 aliphatic heterocycles. The Kier molecular flexibility index (Phi) is 3.74. The summed E-state index contributed by atoms with van der Waals surface area (Å²) in [6.07, 6.45) is 2.80. The van der Waals surface area contributed by atoms with Gasteiger partial charge in [0.15, 0.2) is 0 Å². The monoisotopic (exact) mass is 296 g/mol. The Morgan fingerprint density at radius 3 is 3.00 bits per heavy atom. The maximum absolute atomic E-state index is 5.96. The number of morpholine rings is 1. The molecule has 0 radical (unpaired) electrons. The van der Waals surface area contributed by atoms with E-state index in [1.807, 2.05) is 6.07 Å². The zero-order chi connectivity index (χ0) is 14.8. The van der Waals surface area contributed by atoms with E-state index in [1.165, 1.54) is 11.1 Å². The predicted molar refractivity (Wildman–Crippen MR) is 84.8 cm³/mol. The maximum Gasteiger partial charge on any atom is 0.135 e. The van der Waals surface area contributed by atoms with Gasteiger partial charge in [0.2, 0.25) is 0 Å². The van der Waals surface area contributed by atoms with Crippen LogP contribution >= 0.6 is 0 Å². The minimum atomic E-state index is 0.113. The van der Waals surface area contributed by atoms with Gasteiger partial charge in [-0.25, -0.2) is 9.97 Å². The third-order valence-corrected chi connectivity index (χ3v) is 4.39. The Hall–Kier alpha value is -1.98. The molecule has 0 aliphatic carbocycles. The van der Waals surface area contributed by atoms with Crippen LogP contribution in [0.2, 0.25) is 0 Å². The van der Waals surface area contributed by atoms with Gasteiger partial charge < -0.3 is 15.0 Å². The van der Waals surface area contributed by atoms with Crippen molar-refractivity contribution < 1.29 is 4.74 Å². The highest BCUT2D eigenvalue weighted by molar-refractivity contribution is 5.50. The molecule has 0 spiro atoms. The number of fused-ring (bicyclic) bond motifs is 1. The zero-order valence-electron chi connectivity index (χ0n) is 12.5. The first-order chi connectivity index (χ1) is 10.9. The van der Waals surface area contributed by atoms with Gasteiger partial charge >= 0.3 is 0 Å². The SMILES string of the molecule is c1ccc([C@H]2CN(c3ncnc4c3CCNC4)CCO2)cc1. The number of anilines is 1. The molecular weight excluding hydrogens is 276 g/mol. The molecule has 4 rings (SSSR count). The minimum Gasteiger partial charge on any atom is -0.370 e. The van der Waals surface area contributed by atoms with Crippen LogP contribution in [0.3, 0.4) is 0 Å². The molecule has 5 heteroatoms. The first-order valence-electron chi connectivity index (χ1n) is 7.87. The van der Waals surface area contributed by atoms with Crippen LogP contribution in [0.4, 0.5) is 5.82 Å². The van der Waals surface area contributed by atoms with Crippen molar-refractivity contribution in [2.24, 2.45) is 0 Å². The summed E-state index contributed by atoms with van der Waals surface area (Å²) in [5.41, 5.74) is 3.67. The molecule has 0 amide bonds. The van der Waals surface area contributed by atoms with Gasteiger partial charge in [-0.1, -0.05) is 30.3 Å². The quantitative estimate of drug-likeness (QED) is 0.914. The smallest absolute Gasteiger partial charge is 0.135 e. The Bertz CT molecular complexity index is 646. The molecule has 1 atom stereocenters. The average Bonchev–Trinajstić information content (AvgIpc) is 2.62. The highest BCUT2D eigenvalue weighted by Crippen LogP contribution is 2.28. The molecule has 2 aromatic rings. The molecule has 1 aromatic heterocycles. The number of ether oxygens (including phenoxy) is 1. The van der Waals surface area contributed by atoms with Crippen molar-refractivity contribution in [3.63, 3.8) is 0 Å². The summed E-state index contributed by atoms with van der Waals surface area (Å²) < 4.78 is 5.96. The van der Waals surface area contributed by atoms with Crippen molar-refractivity contribution in [3.05, 3.63) is 53.5 Å². The normalized spacial score (nSPS) is 21.5. The molecule has 3 heterocycles. The number of hydrogen-bond acceptors (Lipinski definition) is 5. The summed E-state index contributed by atoms with van der Waals surface area (Å²) in [6, 6.07) is 10.4. The first kappa shape index (κ1) is 13.7. The standard InChI is InChI=1S/C17H20N4O/c1-2-4-13(5-3-1)16-11-21(8-9-22-16)17-14-6-7-18-10-15(14)19-12-20-17/h1-5,12,16,18H,6-11H2/t16-/m1/s1. The summed E-state index contributed by atoms with van der Waals surface area (Å²) in [4.78, 5) is 11.3. The number of nitrogens with zero attached hydrogens (tertiary/aromatic N) is 3. The Morgan fingerprint density at radius 1 is 1.18 bits per heavy atom. The third kappa shape index (κ3) is 2.58. The van der Waals surface area contributed by atoms with Crippen LogP contribution in [0.1, 0.15) is 22.9 Å². The van der Waals surface area contributed by atoms with Crippen molar-refractivity contribution in [2.45, 2.75) is 19.1 Å². The second-order valence-corrected chi connectivity index (χ2v) is 5.77. The molecule has 0 saturated carbocycles. The summed E-state index contributed by atoms with van der Waals surface area (Å²) in [5.74, 6) is 1.09. The Labute approximate surface area is 130 Å². The molecule has 22 heavy (non-hydrogen) atoms. The number of hydrogen-bond donors (Lipinski definition) is 1. The number of nitrogens with one attached hydrogen (secondary N) is 1. The van der Waals surface area contributed by atoms with Gasteiger partial charge in [-0.15, -0.1) is 0 Å². The third-order valence-electron chi connectivity index (χ3n) is 4.39. The van der Waals surface area contributed by atoms with Crippen molar-refractivity contribution >= 4 is 5.82 Å². The van der Waals surface area contributed by atoms with E-state index >= 15 is 0 Å². The van der Waals surface area contributed by atoms with E-state index in [9.17, 15) is 0 Å². The lowest BCUT2D eigenvalue weighted by molar-refractivity contribution is 0.0394. The van der Waals surface area contributed by atoms with Gasteiger partial charge in [0, 0.05) is 25.2 Å². The van der Waals surface area contributed by atoms with Gasteiger partial charge in [0.25, 0.3) is 0 Å². The maximum atomic E-state index is 5.96. The molecule has 1 N–H and O–H groups in total. The van der Waals surface area contributed by atoms with E-state index in [0.717, 1.165) is 50.7 Å². The lowest BCUT2D eigenvalue weighted by Gasteiger charge is -2.35. The van der Waals surface area contributed by atoms with Crippen LogP contribution in [0.5, 0.6) is 0 Å². The molecule has 1 aromatic carbocycles. The van der Waals surface area contributed by atoms with Gasteiger partial charge in [-0.2, -0.15) is 0 Å². The van der Waals surface area contributed by atoms with Crippen molar-refractivity contribution in [3.8, 4) is 0 Å². The van der Waals surface area contributed by atoms with Crippen LogP contribution in [0.25, 0.3) is 0 Å². The molecule has 1 fully saturated rings. The largest absolute Gasteiger partial charge is 0.370 e. The van der Waals surface area contributed by atoms with Crippen LogP contribution in [-0.2, 0) is 17.7 Å². The highest BCUT2D eigenvalue weighted by atomic mass is 16.5. The lowest BCUT2D eigenvalue weighted by Crippen LogP contribution is -2.40. The minimum absolute atomic E-state index is 0.113. The molecule has 0 unspecified atom stereocenters. The van der Waals surface area contributed by atoms with E-state index in [-0.39, 0.29) is 6.10 Å².